The zero-order chi connectivity index (χ0) is 29.4. The lowest BCUT2D eigenvalue weighted by atomic mass is 10.1. The number of fused-ring (bicyclic) bond motifs is 1. The molecular formula is C28H25F3N8O2. The average Bonchev–Trinajstić information content (AvgIpc) is 3.34. The van der Waals surface area contributed by atoms with Crippen molar-refractivity contribution in [2.45, 2.75) is 39.4 Å². The van der Waals surface area contributed by atoms with Gasteiger partial charge in [0.25, 0.3) is 17.9 Å². The Kier molecular flexibility index (Phi) is 7.26. The Hall–Kier alpha value is -5.07. The summed E-state index contributed by atoms with van der Waals surface area (Å²) >= 11 is 0. The number of carbonyl (C=O) groups is 1. The Balaban J connectivity index is 1.48. The highest BCUT2D eigenvalue weighted by Gasteiger charge is 2.26. The number of nitrogen functional groups attached to an aromatic ring is 1. The van der Waals surface area contributed by atoms with Crippen molar-refractivity contribution in [3.8, 4) is 16.9 Å². The van der Waals surface area contributed by atoms with E-state index in [-0.39, 0.29) is 34.2 Å². The fraction of sp³-hybridized carbons (Fsp3) is 0.214. The van der Waals surface area contributed by atoms with Crippen LogP contribution in [0.25, 0.3) is 28.0 Å². The van der Waals surface area contributed by atoms with Gasteiger partial charge in [0.15, 0.2) is 5.82 Å². The molecule has 1 unspecified atom stereocenters. The van der Waals surface area contributed by atoms with Crippen LogP contribution in [0.1, 0.15) is 47.7 Å². The summed E-state index contributed by atoms with van der Waals surface area (Å²) in [5.41, 5.74) is 7.76. The molecule has 13 heteroatoms. The number of aromatic nitrogens is 6. The third-order valence-corrected chi connectivity index (χ3v) is 6.45. The zero-order valence-electron chi connectivity index (χ0n) is 22.2. The van der Waals surface area contributed by atoms with Gasteiger partial charge in [0.05, 0.1) is 11.1 Å². The van der Waals surface area contributed by atoms with E-state index in [0.717, 1.165) is 16.6 Å². The van der Waals surface area contributed by atoms with E-state index in [1.165, 1.54) is 12.3 Å². The van der Waals surface area contributed by atoms with Crippen LogP contribution in [0.3, 0.4) is 0 Å². The summed E-state index contributed by atoms with van der Waals surface area (Å²) in [6.07, 6.45) is -2.03. The summed E-state index contributed by atoms with van der Waals surface area (Å²) < 4.78 is 42.5. The van der Waals surface area contributed by atoms with Crippen molar-refractivity contribution in [2.75, 3.05) is 11.1 Å². The number of rotatable bonds is 7. The van der Waals surface area contributed by atoms with E-state index in [2.05, 4.69) is 25.4 Å². The van der Waals surface area contributed by atoms with Crippen LogP contribution >= 0.6 is 0 Å². The molecule has 1 atom stereocenters. The van der Waals surface area contributed by atoms with Crippen LogP contribution in [0.5, 0.6) is 0 Å². The van der Waals surface area contributed by atoms with Gasteiger partial charge in [-0.2, -0.15) is 9.78 Å². The molecule has 3 N–H and O–H groups in total. The van der Waals surface area contributed by atoms with E-state index in [9.17, 15) is 22.8 Å². The first-order valence-electron chi connectivity index (χ1n) is 12.6. The number of nitrogens with two attached hydrogens (primary N) is 1. The van der Waals surface area contributed by atoms with E-state index in [0.29, 0.717) is 27.1 Å². The van der Waals surface area contributed by atoms with E-state index in [1.54, 1.807) is 42.6 Å². The van der Waals surface area contributed by atoms with E-state index >= 15 is 0 Å². The quantitative estimate of drug-likeness (QED) is 0.284. The average molecular weight is 563 g/mol. The number of pyridine rings is 1. The summed E-state index contributed by atoms with van der Waals surface area (Å²) in [7, 11) is 0. The fourth-order valence-corrected chi connectivity index (χ4v) is 4.27. The molecule has 210 valence electrons. The van der Waals surface area contributed by atoms with Crippen LogP contribution < -0.4 is 16.6 Å². The van der Waals surface area contributed by atoms with Crippen molar-refractivity contribution < 1.29 is 18.0 Å². The molecule has 0 fully saturated rings. The Morgan fingerprint density at radius 2 is 1.76 bits per heavy atom. The zero-order valence-corrected chi connectivity index (χ0v) is 22.2. The largest absolute Gasteiger partial charge is 0.383 e. The molecule has 0 aliphatic rings. The minimum absolute atomic E-state index is 0.000542. The van der Waals surface area contributed by atoms with Crippen molar-refractivity contribution in [3.05, 3.63) is 88.4 Å². The molecule has 0 radical (unpaired) electrons. The summed E-state index contributed by atoms with van der Waals surface area (Å²) in [5, 5.41) is 7.31. The maximum atomic E-state index is 14.3. The summed E-state index contributed by atoms with van der Waals surface area (Å²) in [4.78, 5) is 38.6. The van der Waals surface area contributed by atoms with E-state index < -0.39 is 24.2 Å². The number of benzene rings is 1. The maximum Gasteiger partial charge on any atom is 0.288 e. The fourth-order valence-electron chi connectivity index (χ4n) is 4.27. The first-order valence-corrected chi connectivity index (χ1v) is 12.6. The number of carbonyl (C=O) groups excluding carboxylic acids is 1. The van der Waals surface area contributed by atoms with Gasteiger partial charge < -0.3 is 11.1 Å². The SMILES string of the molecule is Cc1ccc(-n2nc(C(C)C)cc(C(=O)Nc3ccc(-c4cn(C(F)C(F)F)c5ncnc(N)c45)cc3)c2=O)nc1. The van der Waals surface area contributed by atoms with Gasteiger partial charge in [0.2, 0.25) is 6.30 Å². The molecule has 10 nitrogen and oxygen atoms in total. The van der Waals surface area contributed by atoms with Gasteiger partial charge >= 0.3 is 0 Å². The minimum Gasteiger partial charge on any atom is -0.383 e. The second kappa shape index (κ2) is 10.8. The smallest absolute Gasteiger partial charge is 0.288 e. The third-order valence-electron chi connectivity index (χ3n) is 6.45. The lowest BCUT2D eigenvalue weighted by Crippen LogP contribution is -2.31. The Bertz CT molecular complexity index is 1800. The van der Waals surface area contributed by atoms with E-state index in [1.807, 2.05) is 20.8 Å². The highest BCUT2D eigenvalue weighted by molar-refractivity contribution is 6.04. The first kappa shape index (κ1) is 27.5. The highest BCUT2D eigenvalue weighted by atomic mass is 19.3. The summed E-state index contributed by atoms with van der Waals surface area (Å²) in [6.45, 7) is 5.65. The van der Waals surface area contributed by atoms with Gasteiger partial charge in [-0.15, -0.1) is 0 Å². The molecule has 4 aromatic heterocycles. The van der Waals surface area contributed by atoms with Crippen LogP contribution in [-0.2, 0) is 0 Å². The molecule has 41 heavy (non-hydrogen) atoms. The van der Waals surface area contributed by atoms with Crippen molar-refractivity contribution in [3.63, 3.8) is 0 Å². The normalized spacial score (nSPS) is 12.3. The van der Waals surface area contributed by atoms with Crippen LogP contribution in [0.15, 0.2) is 66.0 Å². The topological polar surface area (TPSA) is 134 Å². The van der Waals surface area contributed by atoms with Crippen LogP contribution in [-0.4, -0.2) is 41.6 Å². The van der Waals surface area contributed by atoms with Gasteiger partial charge in [-0.05, 0) is 48.2 Å². The maximum absolute atomic E-state index is 14.3. The number of hydrogen-bond acceptors (Lipinski definition) is 7. The van der Waals surface area contributed by atoms with Crippen molar-refractivity contribution in [1.82, 2.24) is 29.3 Å². The van der Waals surface area contributed by atoms with Crippen LogP contribution in [0.2, 0.25) is 0 Å². The predicted octanol–water partition coefficient (Wildman–Crippen LogP) is 5.04. The number of aryl methyl sites for hydroxylation is 1. The summed E-state index contributed by atoms with van der Waals surface area (Å²) in [6, 6.07) is 11.2. The molecule has 0 aliphatic carbocycles. The van der Waals surface area contributed by atoms with Gasteiger partial charge in [0.1, 0.15) is 23.4 Å². The predicted molar refractivity (Wildman–Crippen MR) is 148 cm³/mol. The van der Waals surface area contributed by atoms with E-state index in [4.69, 9.17) is 5.73 Å². The minimum atomic E-state index is -3.27. The standard InChI is InChI=1S/C28H25F3N8O2/c1-14(2)20-10-18(28(41)39(37-20)21-9-4-15(3)11-33-21)27(40)36-17-7-5-16(6-8-17)19-12-38(24(31)23(29)30)26-22(19)25(32)34-13-35-26/h4-14,23-24H,1-3H3,(H,36,40)(H2,32,34,35). The number of nitrogens with zero attached hydrogens (tertiary/aromatic N) is 6. The Morgan fingerprint density at radius 1 is 1.02 bits per heavy atom. The third kappa shape index (κ3) is 5.25. The molecule has 0 bridgehead atoms. The van der Waals surface area contributed by atoms with Crippen molar-refractivity contribution >= 4 is 28.4 Å². The van der Waals surface area contributed by atoms with Crippen LogP contribution in [0.4, 0.5) is 24.7 Å². The number of hydrogen-bond donors (Lipinski definition) is 2. The first-order chi connectivity index (χ1) is 19.5. The second-order valence-electron chi connectivity index (χ2n) is 9.69. The molecule has 1 amide bonds. The number of amides is 1. The monoisotopic (exact) mass is 562 g/mol. The van der Waals surface area contributed by atoms with Crippen LogP contribution in [0, 0.1) is 6.92 Å². The molecule has 0 aliphatic heterocycles. The van der Waals surface area contributed by atoms with Crippen molar-refractivity contribution in [1.29, 1.82) is 0 Å². The Labute approximate surface area is 231 Å². The molecule has 0 spiro atoms. The molecule has 0 saturated heterocycles. The molecule has 5 rings (SSSR count). The second-order valence-corrected chi connectivity index (χ2v) is 9.69. The number of anilines is 2. The Morgan fingerprint density at radius 3 is 2.39 bits per heavy atom. The molecular weight excluding hydrogens is 537 g/mol. The van der Waals surface area contributed by atoms with Gasteiger partial charge in [0, 0.05) is 23.6 Å². The lowest BCUT2D eigenvalue weighted by molar-refractivity contribution is 0.0104. The summed E-state index contributed by atoms with van der Waals surface area (Å²) in [5.74, 6) is -0.447. The van der Waals surface area contributed by atoms with Gasteiger partial charge in [-0.3, -0.25) is 14.2 Å². The molecule has 5 aromatic rings. The molecule has 1 aromatic carbocycles. The number of nitrogens with one attached hydrogen (secondary N) is 1. The van der Waals surface area contributed by atoms with Gasteiger partial charge in [-0.1, -0.05) is 32.0 Å². The molecule has 4 heterocycles. The van der Waals surface area contributed by atoms with Crippen molar-refractivity contribution in [2.24, 2.45) is 0 Å². The molecule has 0 saturated carbocycles. The highest BCUT2D eigenvalue weighted by Crippen LogP contribution is 2.36. The van der Waals surface area contributed by atoms with Gasteiger partial charge in [-0.25, -0.2) is 28.1 Å². The lowest BCUT2D eigenvalue weighted by Gasteiger charge is -2.12. The number of alkyl halides is 3. The number of halogens is 3.